The summed E-state index contributed by atoms with van der Waals surface area (Å²) in [6, 6.07) is 3.80. The summed E-state index contributed by atoms with van der Waals surface area (Å²) in [5, 5.41) is 4.24. The molecule has 2 saturated heterocycles. The molecule has 2 aliphatic rings. The molecule has 0 radical (unpaired) electrons. The third-order valence-corrected chi connectivity index (χ3v) is 5.22. The van der Waals surface area contributed by atoms with Crippen LogP contribution in [0.5, 0.6) is 0 Å². The zero-order valence-electron chi connectivity index (χ0n) is 14.8. The zero-order valence-corrected chi connectivity index (χ0v) is 14.8. The number of likely N-dealkylation sites (tertiary alicyclic amines) is 1. The summed E-state index contributed by atoms with van der Waals surface area (Å²) in [4.78, 5) is 17.2. The van der Waals surface area contributed by atoms with Crippen LogP contribution in [0.15, 0.2) is 30.7 Å². The molecule has 7 heteroatoms. The minimum atomic E-state index is 0.0995. The average molecular weight is 343 g/mol. The number of carbonyl (C=O) groups is 1. The van der Waals surface area contributed by atoms with Gasteiger partial charge in [0.25, 0.3) is 5.91 Å². The highest BCUT2D eigenvalue weighted by atomic mass is 16.5. The topological polar surface area (TPSA) is 55.5 Å². The van der Waals surface area contributed by atoms with E-state index in [1.54, 1.807) is 0 Å². The molecule has 2 atom stereocenters. The van der Waals surface area contributed by atoms with Crippen LogP contribution in [0.2, 0.25) is 0 Å². The van der Waals surface area contributed by atoms with Gasteiger partial charge in [0, 0.05) is 70.7 Å². The van der Waals surface area contributed by atoms with Gasteiger partial charge in [-0.2, -0.15) is 5.10 Å². The Bertz CT molecular complexity index is 752. The minimum absolute atomic E-state index is 0.0995. The van der Waals surface area contributed by atoms with Gasteiger partial charge in [0.05, 0.1) is 18.9 Å². The first-order valence-corrected chi connectivity index (χ1v) is 8.82. The molecule has 2 aliphatic heterocycles. The Labute approximate surface area is 147 Å². The number of hydrogen-bond acceptors (Lipinski definition) is 4. The third kappa shape index (κ3) is 3.34. The summed E-state index contributed by atoms with van der Waals surface area (Å²) in [5.41, 5.74) is 1.96. The van der Waals surface area contributed by atoms with E-state index >= 15 is 0 Å². The number of carbonyl (C=O) groups excluding carboxylic acids is 1. The van der Waals surface area contributed by atoms with Crippen molar-refractivity contribution in [3.8, 4) is 0 Å². The van der Waals surface area contributed by atoms with Gasteiger partial charge in [-0.25, -0.2) is 0 Å². The van der Waals surface area contributed by atoms with E-state index in [1.807, 2.05) is 52.8 Å². The van der Waals surface area contributed by atoms with Gasteiger partial charge >= 0.3 is 0 Å². The highest BCUT2D eigenvalue weighted by Gasteiger charge is 2.37. The summed E-state index contributed by atoms with van der Waals surface area (Å²) in [5.74, 6) is 0.464. The molecule has 2 aromatic rings. The van der Waals surface area contributed by atoms with Gasteiger partial charge in [-0.1, -0.05) is 0 Å². The molecular formula is C18H25N5O2. The van der Waals surface area contributed by atoms with E-state index in [0.717, 1.165) is 31.9 Å². The predicted octanol–water partition coefficient (Wildman–Crippen LogP) is 0.732. The fraction of sp³-hybridized carbons (Fsp3) is 0.556. The summed E-state index contributed by atoms with van der Waals surface area (Å²) in [6.07, 6.45) is 6.10. The van der Waals surface area contributed by atoms with Gasteiger partial charge in [-0.05, 0) is 12.1 Å². The maximum absolute atomic E-state index is 12.8. The predicted molar refractivity (Wildman–Crippen MR) is 93.0 cm³/mol. The lowest BCUT2D eigenvalue weighted by Crippen LogP contribution is -2.38. The molecule has 2 aromatic heterocycles. The largest absolute Gasteiger partial charge is 0.375 e. The summed E-state index contributed by atoms with van der Waals surface area (Å²) in [7, 11) is 3.85. The Kier molecular flexibility index (Phi) is 4.35. The Morgan fingerprint density at radius 1 is 1.32 bits per heavy atom. The normalized spacial score (nSPS) is 24.3. The molecule has 0 bridgehead atoms. The quantitative estimate of drug-likeness (QED) is 0.825. The van der Waals surface area contributed by atoms with Crippen molar-refractivity contribution in [1.29, 1.82) is 0 Å². The molecule has 0 spiro atoms. The highest BCUT2D eigenvalue weighted by molar-refractivity contribution is 5.92. The molecule has 0 unspecified atom stereocenters. The van der Waals surface area contributed by atoms with Crippen LogP contribution in [0, 0.1) is 5.92 Å². The van der Waals surface area contributed by atoms with Crippen molar-refractivity contribution in [1.82, 2.24) is 24.1 Å². The summed E-state index contributed by atoms with van der Waals surface area (Å²) < 4.78 is 9.78. The first kappa shape index (κ1) is 16.4. The number of ether oxygens (including phenoxy) is 1. The molecule has 25 heavy (non-hydrogen) atoms. The second-order valence-electron chi connectivity index (χ2n) is 7.14. The molecule has 1 amide bonds. The van der Waals surface area contributed by atoms with Gasteiger partial charge in [0.15, 0.2) is 0 Å². The van der Waals surface area contributed by atoms with Gasteiger partial charge in [-0.15, -0.1) is 0 Å². The van der Waals surface area contributed by atoms with Crippen molar-refractivity contribution < 1.29 is 9.53 Å². The second-order valence-corrected chi connectivity index (χ2v) is 7.14. The fourth-order valence-electron chi connectivity index (χ4n) is 3.95. The van der Waals surface area contributed by atoms with Crippen LogP contribution in [0.1, 0.15) is 16.1 Å². The molecule has 2 fully saturated rings. The lowest BCUT2D eigenvalue weighted by Gasteiger charge is -2.24. The molecular weight excluding hydrogens is 318 g/mol. The van der Waals surface area contributed by atoms with E-state index in [4.69, 9.17) is 4.74 Å². The average Bonchev–Trinajstić information content (AvgIpc) is 3.25. The van der Waals surface area contributed by atoms with E-state index < -0.39 is 0 Å². The van der Waals surface area contributed by atoms with E-state index in [9.17, 15) is 4.79 Å². The SMILES string of the molecule is Cn1cc(CN2C[C@@H]3CN(C(=O)c4cccn4C)CCO[C@@H]3C2)cn1. The number of rotatable bonds is 3. The number of aromatic nitrogens is 3. The monoisotopic (exact) mass is 343 g/mol. The Hall–Kier alpha value is -2.12. The number of hydrogen-bond donors (Lipinski definition) is 0. The van der Waals surface area contributed by atoms with Crippen molar-refractivity contribution in [2.75, 3.05) is 32.8 Å². The Morgan fingerprint density at radius 2 is 2.20 bits per heavy atom. The molecule has 0 N–H and O–H groups in total. The molecule has 7 nitrogen and oxygen atoms in total. The van der Waals surface area contributed by atoms with Crippen LogP contribution in [0.4, 0.5) is 0 Å². The van der Waals surface area contributed by atoms with Crippen molar-refractivity contribution in [2.24, 2.45) is 20.0 Å². The van der Waals surface area contributed by atoms with Crippen LogP contribution in [-0.2, 0) is 25.4 Å². The Morgan fingerprint density at radius 3 is 2.92 bits per heavy atom. The Balaban J connectivity index is 1.42. The lowest BCUT2D eigenvalue weighted by atomic mass is 10.1. The smallest absolute Gasteiger partial charge is 0.270 e. The van der Waals surface area contributed by atoms with Crippen LogP contribution in [0.3, 0.4) is 0 Å². The summed E-state index contributed by atoms with van der Waals surface area (Å²) >= 11 is 0. The highest BCUT2D eigenvalue weighted by Crippen LogP contribution is 2.25. The number of aryl methyl sites for hydroxylation is 2. The van der Waals surface area contributed by atoms with Crippen molar-refractivity contribution in [3.05, 3.63) is 42.0 Å². The fourth-order valence-corrected chi connectivity index (χ4v) is 3.95. The lowest BCUT2D eigenvalue weighted by molar-refractivity contribution is 0.0500. The van der Waals surface area contributed by atoms with Gasteiger partial charge in [-0.3, -0.25) is 14.4 Å². The van der Waals surface area contributed by atoms with E-state index in [2.05, 4.69) is 16.2 Å². The first-order chi connectivity index (χ1) is 12.1. The molecule has 0 saturated carbocycles. The van der Waals surface area contributed by atoms with Gasteiger partial charge in [0.2, 0.25) is 0 Å². The molecule has 4 rings (SSSR count). The van der Waals surface area contributed by atoms with Gasteiger partial charge in [0.1, 0.15) is 5.69 Å². The van der Waals surface area contributed by atoms with Crippen molar-refractivity contribution in [2.45, 2.75) is 12.6 Å². The number of fused-ring (bicyclic) bond motifs is 1. The van der Waals surface area contributed by atoms with E-state index in [0.29, 0.717) is 19.1 Å². The first-order valence-electron chi connectivity index (χ1n) is 8.82. The molecule has 134 valence electrons. The summed E-state index contributed by atoms with van der Waals surface area (Å²) in [6.45, 7) is 4.80. The van der Waals surface area contributed by atoms with Gasteiger partial charge < -0.3 is 14.2 Å². The van der Waals surface area contributed by atoms with Crippen LogP contribution in [0.25, 0.3) is 0 Å². The maximum atomic E-state index is 12.8. The number of amides is 1. The van der Waals surface area contributed by atoms with E-state index in [-0.39, 0.29) is 12.0 Å². The van der Waals surface area contributed by atoms with Crippen LogP contribution >= 0.6 is 0 Å². The second kappa shape index (κ2) is 6.65. The maximum Gasteiger partial charge on any atom is 0.270 e. The minimum Gasteiger partial charge on any atom is -0.375 e. The van der Waals surface area contributed by atoms with Crippen LogP contribution < -0.4 is 0 Å². The van der Waals surface area contributed by atoms with Crippen molar-refractivity contribution in [3.63, 3.8) is 0 Å². The van der Waals surface area contributed by atoms with Crippen LogP contribution in [-0.4, -0.2) is 68.9 Å². The molecule has 0 aliphatic carbocycles. The number of nitrogens with zero attached hydrogens (tertiary/aromatic N) is 5. The van der Waals surface area contributed by atoms with Crippen molar-refractivity contribution >= 4 is 5.91 Å². The van der Waals surface area contributed by atoms with E-state index in [1.165, 1.54) is 5.56 Å². The zero-order chi connectivity index (χ0) is 17.4. The molecule has 0 aromatic carbocycles. The standard InChI is InChI=1S/C18H25N5O2/c1-20-5-3-4-16(20)18(24)23-6-7-25-17-13-22(11-15(17)12-23)10-14-8-19-21(2)9-14/h3-5,8-9,15,17H,6-7,10-13H2,1-2H3/t15-,17-/m1/s1. The third-order valence-electron chi connectivity index (χ3n) is 5.22. The molecule has 4 heterocycles.